The summed E-state index contributed by atoms with van der Waals surface area (Å²) in [5.74, 6) is -3.57. The highest BCUT2D eigenvalue weighted by molar-refractivity contribution is 6.30. The van der Waals surface area contributed by atoms with Crippen LogP contribution in [0.4, 0.5) is 0 Å². The van der Waals surface area contributed by atoms with Crippen LogP contribution in [0.5, 0.6) is 0 Å². The third kappa shape index (κ3) is 20.4. The van der Waals surface area contributed by atoms with Crippen molar-refractivity contribution >= 4 is 35.3 Å². The summed E-state index contributed by atoms with van der Waals surface area (Å²) >= 11 is 5.86. The number of ether oxygens (including phenoxy) is 8. The highest BCUT2D eigenvalue weighted by Gasteiger charge is 2.55. The van der Waals surface area contributed by atoms with Crippen LogP contribution in [0, 0.1) is 12.3 Å². The van der Waals surface area contributed by atoms with Gasteiger partial charge in [0.25, 0.3) is 5.79 Å². The van der Waals surface area contributed by atoms with E-state index in [-0.39, 0.29) is 71.5 Å². The number of benzene rings is 1. The Labute approximate surface area is 341 Å². The number of hydrogen-bond donors (Lipinski definition) is 8. The molecule has 328 valence electrons. The first-order valence-corrected chi connectivity index (χ1v) is 19.0. The first kappa shape index (κ1) is 50.6. The maximum Gasteiger partial charge on any atom is 0.364 e. The van der Waals surface area contributed by atoms with Crippen LogP contribution in [0.3, 0.4) is 0 Å². The lowest BCUT2D eigenvalue weighted by molar-refractivity contribution is -0.312. The molecule has 1 saturated heterocycles. The van der Waals surface area contributed by atoms with E-state index in [4.69, 9.17) is 55.9 Å². The number of aliphatic carboxylic acids is 1. The number of amides is 3. The lowest BCUT2D eigenvalue weighted by atomic mass is 9.88. The van der Waals surface area contributed by atoms with Crippen molar-refractivity contribution < 1.29 is 82.6 Å². The van der Waals surface area contributed by atoms with Gasteiger partial charge in [0.15, 0.2) is 0 Å². The normalized spacial score (nSPS) is 20.1. The molecule has 0 spiro atoms. The second-order valence-electron chi connectivity index (χ2n) is 12.6. The smallest absolute Gasteiger partial charge is 0.364 e. The van der Waals surface area contributed by atoms with Crippen LogP contribution in [0.2, 0.25) is 5.02 Å². The Morgan fingerprint density at radius 2 is 1.40 bits per heavy atom. The Kier molecular flexibility index (Phi) is 25.9. The molecule has 20 nitrogen and oxygen atoms in total. The summed E-state index contributed by atoms with van der Waals surface area (Å²) in [4.78, 5) is 48.9. The van der Waals surface area contributed by atoms with Gasteiger partial charge in [0, 0.05) is 31.0 Å². The van der Waals surface area contributed by atoms with Crippen molar-refractivity contribution in [3.8, 4) is 12.3 Å². The average molecular weight is 850 g/mol. The Morgan fingerprint density at radius 1 is 0.828 bits per heavy atom. The molecule has 58 heavy (non-hydrogen) atoms. The minimum Gasteiger partial charge on any atom is -0.477 e. The molecule has 1 aromatic carbocycles. The molecule has 0 aliphatic carbocycles. The van der Waals surface area contributed by atoms with Crippen LogP contribution in [0.25, 0.3) is 0 Å². The molecule has 0 aromatic heterocycles. The Morgan fingerprint density at radius 3 is 1.98 bits per heavy atom. The van der Waals surface area contributed by atoms with Gasteiger partial charge < -0.3 is 79.4 Å². The minimum atomic E-state index is -2.55. The van der Waals surface area contributed by atoms with Crippen LogP contribution in [0.15, 0.2) is 24.3 Å². The van der Waals surface area contributed by atoms with Gasteiger partial charge in [-0.2, -0.15) is 0 Å². The summed E-state index contributed by atoms with van der Waals surface area (Å²) in [6.07, 6.45) is -2.77. The fourth-order valence-electron chi connectivity index (χ4n) is 5.25. The Bertz CT molecular complexity index is 1390. The number of aliphatic hydroxyl groups excluding tert-OH is 4. The van der Waals surface area contributed by atoms with Gasteiger partial charge in [0.05, 0.1) is 104 Å². The third-order valence-corrected chi connectivity index (χ3v) is 8.42. The molecule has 1 aliphatic heterocycles. The zero-order valence-corrected chi connectivity index (χ0v) is 33.0. The molecule has 2 rings (SSSR count). The quantitative estimate of drug-likeness (QED) is 0.0272. The summed E-state index contributed by atoms with van der Waals surface area (Å²) in [6, 6.07) is 4.98. The molecule has 8 N–H and O–H groups in total. The van der Waals surface area contributed by atoms with Gasteiger partial charge >= 0.3 is 5.97 Å². The first-order chi connectivity index (χ1) is 27.9. The van der Waals surface area contributed by atoms with Crippen molar-refractivity contribution in [3.05, 3.63) is 34.9 Å². The number of carbonyl (C=O) groups excluding carboxylic acids is 3. The summed E-state index contributed by atoms with van der Waals surface area (Å²) in [7, 11) is 0. The van der Waals surface area contributed by atoms with Crippen molar-refractivity contribution in [2.75, 3.05) is 106 Å². The van der Waals surface area contributed by atoms with E-state index < -0.39 is 73.6 Å². The van der Waals surface area contributed by atoms with Crippen molar-refractivity contribution in [1.82, 2.24) is 16.0 Å². The topological polar surface area (TPSA) is 279 Å². The number of hydrogen-bond acceptors (Lipinski definition) is 16. The molecule has 1 aliphatic rings. The molecule has 0 saturated carbocycles. The zero-order valence-electron chi connectivity index (χ0n) is 32.2. The molecule has 6 atom stereocenters. The summed E-state index contributed by atoms with van der Waals surface area (Å²) in [5.41, 5.74) is 0.624. The molecule has 0 unspecified atom stereocenters. The Balaban J connectivity index is 1.67. The highest BCUT2D eigenvalue weighted by atomic mass is 35.5. The van der Waals surface area contributed by atoms with E-state index in [1.54, 1.807) is 24.3 Å². The summed E-state index contributed by atoms with van der Waals surface area (Å²) in [6.45, 7) is 1.46. The predicted octanol–water partition coefficient (Wildman–Crippen LogP) is -2.62. The van der Waals surface area contributed by atoms with E-state index in [0.29, 0.717) is 50.2 Å². The number of carboxylic acids is 1. The fourth-order valence-corrected chi connectivity index (χ4v) is 5.38. The van der Waals surface area contributed by atoms with E-state index in [9.17, 15) is 44.7 Å². The van der Waals surface area contributed by atoms with Crippen LogP contribution >= 0.6 is 11.6 Å². The van der Waals surface area contributed by atoms with Gasteiger partial charge in [0.2, 0.25) is 17.7 Å². The van der Waals surface area contributed by atoms with Gasteiger partial charge in [-0.25, -0.2) is 4.79 Å². The largest absolute Gasteiger partial charge is 0.477 e. The first-order valence-electron chi connectivity index (χ1n) is 18.6. The molecule has 1 fully saturated rings. The fraction of sp³-hybridized carbons (Fsp3) is 0.676. The highest BCUT2D eigenvalue weighted by Crippen LogP contribution is 2.33. The number of carboxylic acid groups (broad SMARTS) is 1. The van der Waals surface area contributed by atoms with Crippen LogP contribution in [0.1, 0.15) is 18.4 Å². The van der Waals surface area contributed by atoms with Crippen molar-refractivity contribution in [2.24, 2.45) is 0 Å². The van der Waals surface area contributed by atoms with E-state index in [1.807, 2.05) is 0 Å². The van der Waals surface area contributed by atoms with Crippen LogP contribution in [-0.2, 0) is 63.5 Å². The van der Waals surface area contributed by atoms with E-state index in [0.717, 1.165) is 0 Å². The SMILES string of the molecule is C#CCOCCOCCOCCOCCC(=O)NCCOCCOCCO[C@]1(C(=O)O)C[C@H](O)[C@@H](NC(=O)CO)[C@H]([C@H](O)[C@H](O)CNC(=O)Cc2ccc(Cl)cc2)O1. The molecular formula is C37H56ClN3O17. The number of nitrogens with one attached hydrogen (secondary N) is 3. The molecule has 3 amide bonds. The third-order valence-electron chi connectivity index (χ3n) is 8.17. The predicted molar refractivity (Wildman–Crippen MR) is 202 cm³/mol. The number of carbonyl (C=O) groups is 4. The van der Waals surface area contributed by atoms with Crippen LogP contribution < -0.4 is 16.0 Å². The van der Waals surface area contributed by atoms with E-state index in [2.05, 4.69) is 21.9 Å². The van der Waals surface area contributed by atoms with Crippen molar-refractivity contribution in [3.63, 3.8) is 0 Å². The van der Waals surface area contributed by atoms with Gasteiger partial charge in [0.1, 0.15) is 25.4 Å². The molecular weight excluding hydrogens is 794 g/mol. The lowest BCUT2D eigenvalue weighted by Crippen LogP contribution is -2.68. The maximum atomic E-state index is 12.4. The molecule has 0 bridgehead atoms. The Hall–Kier alpha value is -3.53. The number of aliphatic hydroxyl groups is 4. The van der Waals surface area contributed by atoms with Crippen molar-refractivity contribution in [2.45, 2.75) is 55.5 Å². The van der Waals surface area contributed by atoms with E-state index >= 15 is 0 Å². The molecule has 1 heterocycles. The number of halogens is 1. The van der Waals surface area contributed by atoms with Gasteiger partial charge in [-0.1, -0.05) is 29.7 Å². The molecule has 1 aromatic rings. The average Bonchev–Trinajstić information content (AvgIpc) is 3.20. The van der Waals surface area contributed by atoms with Gasteiger partial charge in [-0.15, -0.1) is 6.42 Å². The summed E-state index contributed by atoms with van der Waals surface area (Å²) in [5, 5.41) is 59.9. The van der Waals surface area contributed by atoms with Gasteiger partial charge in [-0.05, 0) is 17.7 Å². The lowest BCUT2D eigenvalue weighted by Gasteiger charge is -2.46. The summed E-state index contributed by atoms with van der Waals surface area (Å²) < 4.78 is 43.2. The second kappa shape index (κ2) is 29.6. The van der Waals surface area contributed by atoms with Gasteiger partial charge in [-0.3, -0.25) is 14.4 Å². The second-order valence-corrected chi connectivity index (χ2v) is 13.0. The number of terminal acetylenes is 1. The van der Waals surface area contributed by atoms with Crippen LogP contribution in [-0.4, -0.2) is 191 Å². The van der Waals surface area contributed by atoms with E-state index in [1.165, 1.54) is 0 Å². The number of rotatable bonds is 32. The monoisotopic (exact) mass is 849 g/mol. The molecule has 21 heteroatoms. The zero-order chi connectivity index (χ0) is 42.6. The molecule has 0 radical (unpaired) electrons. The standard InChI is InChI=1S/C37H56ClN3O17/c1-2-9-51-12-15-54-18-19-55-16-13-52-10-7-30(45)39-8-11-53-14-17-56-20-21-57-37(36(49)50)23-28(43)33(41-32(47)25-42)35(58-37)34(48)29(44)24-40-31(46)22-26-3-5-27(38)6-4-26/h1,3-6,28-29,33-35,42-44,48H,7-25H2,(H,39,45)(H,40,46)(H,41,47)(H,49,50)/t28-,29+,33+,34+,35+,37+/m0/s1. The maximum absolute atomic E-state index is 12.4. The van der Waals surface area contributed by atoms with Crippen molar-refractivity contribution in [1.29, 1.82) is 0 Å². The minimum absolute atomic E-state index is 0.0733.